The fraction of sp³-hybridized carbons (Fsp3) is 0.846. The number of hydrogen-bond acceptors (Lipinski definition) is 4. The summed E-state index contributed by atoms with van der Waals surface area (Å²) >= 11 is 0. The molecule has 0 saturated carbocycles. The Labute approximate surface area is 124 Å². The summed E-state index contributed by atoms with van der Waals surface area (Å²) in [6, 6.07) is 0. The van der Waals surface area contributed by atoms with Gasteiger partial charge in [0, 0.05) is 6.61 Å². The van der Waals surface area contributed by atoms with Crippen LogP contribution in [0.3, 0.4) is 0 Å². The molecule has 0 spiro atoms. The number of ketones is 1. The molecule has 1 atom stereocenters. The van der Waals surface area contributed by atoms with Crippen LogP contribution in [0.2, 0.25) is 0 Å². The Balaban J connectivity index is -0.000000507. The summed E-state index contributed by atoms with van der Waals surface area (Å²) in [5.41, 5.74) is 0. The summed E-state index contributed by atoms with van der Waals surface area (Å²) in [7, 11) is 0. The van der Waals surface area contributed by atoms with Gasteiger partial charge in [-0.15, -0.1) is 6.61 Å². The summed E-state index contributed by atoms with van der Waals surface area (Å²) in [6.07, 6.45) is 2.57. The Morgan fingerprint density at radius 3 is 2.33 bits per heavy atom. The van der Waals surface area contributed by atoms with Crippen molar-refractivity contribution >= 4 is 5.78 Å². The van der Waals surface area contributed by atoms with Gasteiger partial charge in [-0.2, -0.15) is 6.42 Å². The Morgan fingerprint density at radius 2 is 1.94 bits per heavy atom. The maximum Gasteiger partial charge on any atom is 1.00 e. The smallest absolute Gasteiger partial charge is 0.853 e. The molecule has 0 aromatic carbocycles. The quantitative estimate of drug-likeness (QED) is 0.281. The Bertz CT molecular complexity index is 165. The molecule has 104 valence electrons. The number of rotatable bonds is 9. The molecule has 5 heteroatoms. The van der Waals surface area contributed by atoms with Gasteiger partial charge in [0.05, 0.1) is 12.7 Å². The maximum absolute atomic E-state index is 10.6. The Kier molecular flexibility index (Phi) is 25.2. The minimum atomic E-state index is -0.416. The summed E-state index contributed by atoms with van der Waals surface area (Å²) in [5.74, 6) is -0.0387. The summed E-state index contributed by atoms with van der Waals surface area (Å²) in [6.45, 7) is 9.56. The first kappa shape index (κ1) is 23.3. The molecule has 0 aromatic rings. The zero-order chi connectivity index (χ0) is 13.5. The Morgan fingerprint density at radius 1 is 1.39 bits per heavy atom. The van der Waals surface area contributed by atoms with E-state index >= 15 is 0 Å². The van der Waals surface area contributed by atoms with Crippen molar-refractivity contribution in [3.8, 4) is 0 Å². The molecule has 0 rings (SSSR count). The van der Waals surface area contributed by atoms with Gasteiger partial charge in [0.2, 0.25) is 0 Å². The molecule has 0 bridgehead atoms. The predicted octanol–water partition coefficient (Wildman–Crippen LogP) is -1.63. The first-order valence-corrected chi connectivity index (χ1v) is 6.18. The number of hydrogen-bond donors (Lipinski definition) is 0. The summed E-state index contributed by atoms with van der Waals surface area (Å²) in [5, 5.41) is 10.6. The number of ether oxygens (including phenoxy) is 2. The van der Waals surface area contributed by atoms with E-state index < -0.39 is 6.10 Å². The van der Waals surface area contributed by atoms with Crippen LogP contribution in [-0.4, -0.2) is 38.3 Å². The maximum atomic E-state index is 10.6. The van der Waals surface area contributed by atoms with Crippen molar-refractivity contribution in [2.24, 2.45) is 0 Å². The van der Waals surface area contributed by atoms with Crippen LogP contribution >= 0.6 is 0 Å². The van der Waals surface area contributed by atoms with Crippen LogP contribution in [0.15, 0.2) is 0 Å². The van der Waals surface area contributed by atoms with Crippen LogP contribution in [0.25, 0.3) is 0 Å². The monoisotopic (exact) mass is 253 g/mol. The van der Waals surface area contributed by atoms with Gasteiger partial charge in [0.15, 0.2) is 5.78 Å². The molecule has 0 N–H and O–H groups in total. The van der Waals surface area contributed by atoms with Crippen molar-refractivity contribution in [2.45, 2.75) is 46.1 Å². The van der Waals surface area contributed by atoms with Gasteiger partial charge in [-0.25, -0.2) is 0 Å². The van der Waals surface area contributed by atoms with E-state index in [0.717, 1.165) is 19.3 Å². The molecular weight excluding hydrogens is 227 g/mol. The first-order chi connectivity index (χ1) is 8.12. The molecule has 0 heterocycles. The van der Waals surface area contributed by atoms with Crippen molar-refractivity contribution < 1.29 is 38.2 Å². The fourth-order valence-electron chi connectivity index (χ4n) is 0.873. The van der Waals surface area contributed by atoms with Gasteiger partial charge in [0.1, 0.15) is 6.61 Å². The van der Waals surface area contributed by atoms with Gasteiger partial charge in [-0.3, -0.25) is 4.79 Å². The number of Topliss-reactive ketones (excluding diaryl/α,β-unsaturated/α-hetero) is 1. The molecular formula is C13H26LiO4-. The molecule has 18 heavy (non-hydrogen) atoms. The van der Waals surface area contributed by atoms with Crippen LogP contribution < -0.4 is 24.0 Å². The molecule has 0 fully saturated rings. The van der Waals surface area contributed by atoms with Crippen LogP contribution in [-0.2, 0) is 14.3 Å². The van der Waals surface area contributed by atoms with Crippen molar-refractivity contribution in [2.75, 3.05) is 26.4 Å². The second-order valence-corrected chi connectivity index (χ2v) is 3.73. The summed E-state index contributed by atoms with van der Waals surface area (Å²) in [4.78, 5) is 10.5. The van der Waals surface area contributed by atoms with Crippen LogP contribution in [0.4, 0.5) is 0 Å². The minimum absolute atomic E-state index is 0. The molecule has 0 aliphatic rings. The van der Waals surface area contributed by atoms with Crippen molar-refractivity contribution in [1.29, 1.82) is 0 Å². The Hall–Kier alpha value is 0.147. The second kappa shape index (κ2) is 19.5. The first-order valence-electron chi connectivity index (χ1n) is 6.18. The molecule has 4 nitrogen and oxygen atoms in total. The van der Waals surface area contributed by atoms with E-state index in [-0.39, 0.29) is 44.5 Å². The summed E-state index contributed by atoms with van der Waals surface area (Å²) < 4.78 is 10.3. The van der Waals surface area contributed by atoms with Gasteiger partial charge >= 0.3 is 18.9 Å². The number of unbranched alkanes of at least 4 members (excludes halogenated alkanes) is 1. The van der Waals surface area contributed by atoms with E-state index in [1.165, 1.54) is 6.92 Å². The molecule has 0 aliphatic heterocycles. The van der Waals surface area contributed by atoms with E-state index in [4.69, 9.17) is 9.47 Å². The molecule has 0 aromatic heterocycles. The normalized spacial score (nSPS) is 10.9. The zero-order valence-electron chi connectivity index (χ0n) is 12.4. The molecule has 0 amide bonds. The van der Waals surface area contributed by atoms with Crippen LogP contribution in [0.5, 0.6) is 0 Å². The molecule has 1 unspecified atom stereocenters. The SMILES string of the molecule is CCCCOC(C[O-])COCC(C)=O.[CH2-]CC.[Li+]. The molecule has 0 saturated heterocycles. The number of carbonyl (C=O) groups excluding carboxylic acids is 1. The van der Waals surface area contributed by atoms with Crippen molar-refractivity contribution in [3.05, 3.63) is 6.92 Å². The number of carbonyl (C=O) groups is 1. The second-order valence-electron chi connectivity index (χ2n) is 3.73. The van der Waals surface area contributed by atoms with Gasteiger partial charge in [-0.05, 0) is 13.3 Å². The van der Waals surface area contributed by atoms with Crippen LogP contribution in [0, 0.1) is 6.92 Å². The van der Waals surface area contributed by atoms with Crippen molar-refractivity contribution in [1.82, 2.24) is 0 Å². The largest absolute Gasteiger partial charge is 1.00 e. The van der Waals surface area contributed by atoms with E-state index in [9.17, 15) is 9.90 Å². The average molecular weight is 253 g/mol. The van der Waals surface area contributed by atoms with E-state index in [0.29, 0.717) is 6.61 Å². The van der Waals surface area contributed by atoms with Crippen LogP contribution in [0.1, 0.15) is 40.0 Å². The van der Waals surface area contributed by atoms with E-state index in [1.807, 2.05) is 6.92 Å². The third kappa shape index (κ3) is 21.4. The van der Waals surface area contributed by atoms with E-state index in [1.54, 1.807) is 0 Å². The van der Waals surface area contributed by atoms with Crippen molar-refractivity contribution in [3.63, 3.8) is 0 Å². The van der Waals surface area contributed by atoms with Gasteiger partial charge in [-0.1, -0.05) is 20.3 Å². The van der Waals surface area contributed by atoms with E-state index in [2.05, 4.69) is 13.8 Å². The third-order valence-corrected chi connectivity index (χ3v) is 1.65. The molecule has 0 radical (unpaired) electrons. The predicted molar refractivity (Wildman–Crippen MR) is 66.7 cm³/mol. The zero-order valence-corrected chi connectivity index (χ0v) is 12.4. The standard InChI is InChI=1S/C10H19O4.C3H7.Li/c1-3-4-5-14-10(6-11)8-13-7-9(2)12;1-3-2;/h10H,3-8H2,1-2H3;1,3H2,2H3;/q2*-1;+1. The third-order valence-electron chi connectivity index (χ3n) is 1.65. The average Bonchev–Trinajstić information content (AvgIpc) is 2.28. The van der Waals surface area contributed by atoms with Gasteiger partial charge < -0.3 is 21.5 Å². The molecule has 0 aliphatic carbocycles. The minimum Gasteiger partial charge on any atom is -0.853 e. The topological polar surface area (TPSA) is 58.6 Å². The fourth-order valence-corrected chi connectivity index (χ4v) is 0.873. The van der Waals surface area contributed by atoms with Gasteiger partial charge in [0.25, 0.3) is 0 Å².